The molecule has 10 heteroatoms. The molecule has 0 atom stereocenters. The average molecular weight is 610 g/mol. The Morgan fingerprint density at radius 2 is 1.59 bits per heavy atom. The number of nitrogens with one attached hydrogen (secondary N) is 2. The minimum absolute atomic E-state index is 0.0520. The normalized spacial score (nSPS) is 17.2. The first-order valence-corrected chi connectivity index (χ1v) is 14.9. The summed E-state index contributed by atoms with van der Waals surface area (Å²) in [7, 11) is 1.67. The summed E-state index contributed by atoms with van der Waals surface area (Å²) in [6.07, 6.45) is 3.89. The predicted octanol–water partition coefficient (Wildman–Crippen LogP) is 6.55. The zero-order chi connectivity index (χ0) is 32.4. The standard InChI is InChI=1S/C34H44FN3O6/c1-20-15-23(35)16-21(2)31(20)43-28-14-9-22(34(6,7)41)17-26(28)27-19-38(8)30(39)18-29(27)42-25-12-10-24(11-13-25)36-37-32(40)44-33(3,4)5/h9,14-19,24-25,36,41H,10-13H2,1-8H3,(H,37,40). The number of aliphatic hydroxyl groups is 1. The second kappa shape index (κ2) is 13.0. The Morgan fingerprint density at radius 3 is 2.18 bits per heavy atom. The highest BCUT2D eigenvalue weighted by Crippen LogP contribution is 2.42. The van der Waals surface area contributed by atoms with Crippen LogP contribution < -0.4 is 25.9 Å². The van der Waals surface area contributed by atoms with Crippen LogP contribution in [0.5, 0.6) is 17.2 Å². The van der Waals surface area contributed by atoms with Gasteiger partial charge in [-0.05, 0) is 115 Å². The van der Waals surface area contributed by atoms with Crippen molar-refractivity contribution in [3.63, 3.8) is 0 Å². The number of ether oxygens (including phenoxy) is 3. The Morgan fingerprint density at radius 1 is 0.955 bits per heavy atom. The molecule has 0 spiro atoms. The molecule has 1 aromatic heterocycles. The van der Waals surface area contributed by atoms with Gasteiger partial charge < -0.3 is 23.9 Å². The van der Waals surface area contributed by atoms with E-state index in [1.807, 2.05) is 6.07 Å². The van der Waals surface area contributed by atoms with Crippen molar-refractivity contribution in [2.24, 2.45) is 7.05 Å². The molecule has 0 radical (unpaired) electrons. The highest BCUT2D eigenvalue weighted by Gasteiger charge is 2.27. The summed E-state index contributed by atoms with van der Waals surface area (Å²) in [6, 6.07) is 9.75. The Bertz CT molecular complexity index is 1540. The average Bonchev–Trinajstić information content (AvgIpc) is 2.91. The maximum absolute atomic E-state index is 14.0. The number of carbonyl (C=O) groups excluding carboxylic acids is 1. The quantitative estimate of drug-likeness (QED) is 0.249. The van der Waals surface area contributed by atoms with Crippen LogP contribution in [0.4, 0.5) is 9.18 Å². The molecule has 3 N–H and O–H groups in total. The molecule has 238 valence electrons. The minimum Gasteiger partial charge on any atom is -0.490 e. The molecule has 1 heterocycles. The van der Waals surface area contributed by atoms with E-state index in [1.54, 1.807) is 73.8 Å². The van der Waals surface area contributed by atoms with Crippen molar-refractivity contribution >= 4 is 6.09 Å². The molecule has 0 bridgehead atoms. The van der Waals surface area contributed by atoms with Crippen molar-refractivity contribution in [3.05, 3.63) is 75.5 Å². The number of amides is 1. The molecule has 3 aromatic rings. The van der Waals surface area contributed by atoms with Crippen LogP contribution >= 0.6 is 0 Å². The first-order valence-electron chi connectivity index (χ1n) is 14.9. The highest BCUT2D eigenvalue weighted by atomic mass is 19.1. The third-order valence-corrected chi connectivity index (χ3v) is 7.55. The van der Waals surface area contributed by atoms with Crippen molar-refractivity contribution < 1.29 is 28.5 Å². The number of benzene rings is 2. The van der Waals surface area contributed by atoms with E-state index in [2.05, 4.69) is 10.9 Å². The molecule has 0 aliphatic heterocycles. The molecule has 1 saturated carbocycles. The van der Waals surface area contributed by atoms with Gasteiger partial charge in [0.05, 0.1) is 11.7 Å². The molecule has 1 fully saturated rings. The van der Waals surface area contributed by atoms with Gasteiger partial charge >= 0.3 is 6.09 Å². The summed E-state index contributed by atoms with van der Waals surface area (Å²) >= 11 is 0. The van der Waals surface area contributed by atoms with Crippen molar-refractivity contribution in [1.82, 2.24) is 15.4 Å². The first kappa shape index (κ1) is 33.0. The van der Waals surface area contributed by atoms with E-state index in [1.165, 1.54) is 22.8 Å². The van der Waals surface area contributed by atoms with Crippen LogP contribution in [-0.4, -0.2) is 33.5 Å². The SMILES string of the molecule is Cc1cc(F)cc(C)c1Oc1ccc(C(C)(C)O)cc1-c1cn(C)c(=O)cc1OC1CCC(NNC(=O)OC(C)(C)C)CC1. The van der Waals surface area contributed by atoms with E-state index in [9.17, 15) is 19.1 Å². The molecule has 1 aliphatic rings. The monoisotopic (exact) mass is 609 g/mol. The number of hydrogen-bond acceptors (Lipinski definition) is 7. The van der Waals surface area contributed by atoms with Gasteiger partial charge in [-0.15, -0.1) is 0 Å². The van der Waals surface area contributed by atoms with Gasteiger partial charge in [0.1, 0.15) is 28.7 Å². The van der Waals surface area contributed by atoms with Crippen molar-refractivity contribution in [1.29, 1.82) is 0 Å². The van der Waals surface area contributed by atoms with Crippen LogP contribution in [-0.2, 0) is 17.4 Å². The summed E-state index contributed by atoms with van der Waals surface area (Å²) < 4.78 is 33.7. The van der Waals surface area contributed by atoms with Crippen LogP contribution in [0.3, 0.4) is 0 Å². The Kier molecular flexibility index (Phi) is 9.75. The Balaban J connectivity index is 1.62. The topological polar surface area (TPSA) is 111 Å². The molecule has 44 heavy (non-hydrogen) atoms. The van der Waals surface area contributed by atoms with Gasteiger partial charge in [0.15, 0.2) is 0 Å². The zero-order valence-corrected chi connectivity index (χ0v) is 26.8. The number of pyridine rings is 1. The van der Waals surface area contributed by atoms with Crippen LogP contribution in [0.15, 0.2) is 47.4 Å². The van der Waals surface area contributed by atoms with Crippen LogP contribution in [0, 0.1) is 19.7 Å². The molecule has 1 aliphatic carbocycles. The fraction of sp³-hybridized carbons (Fsp3) is 0.471. The lowest BCUT2D eigenvalue weighted by atomic mass is 9.92. The smallest absolute Gasteiger partial charge is 0.422 e. The molecule has 9 nitrogen and oxygen atoms in total. The number of aryl methyl sites for hydroxylation is 3. The second-order valence-corrected chi connectivity index (χ2v) is 13.1. The second-order valence-electron chi connectivity index (χ2n) is 13.1. The molecule has 2 aromatic carbocycles. The molecular weight excluding hydrogens is 565 g/mol. The number of hydrogen-bond donors (Lipinski definition) is 3. The maximum atomic E-state index is 14.0. The number of rotatable bonds is 8. The Hall–Kier alpha value is -3.89. The number of carbonyl (C=O) groups is 1. The molecule has 1 amide bonds. The van der Waals surface area contributed by atoms with Gasteiger partial charge in [0.25, 0.3) is 5.56 Å². The summed E-state index contributed by atoms with van der Waals surface area (Å²) in [5.41, 5.74) is 6.89. The minimum atomic E-state index is -1.14. The molecule has 0 unspecified atom stereocenters. The van der Waals surface area contributed by atoms with E-state index in [-0.39, 0.29) is 23.5 Å². The zero-order valence-electron chi connectivity index (χ0n) is 26.8. The fourth-order valence-corrected chi connectivity index (χ4v) is 5.26. The van der Waals surface area contributed by atoms with Gasteiger partial charge in [-0.3, -0.25) is 10.2 Å². The van der Waals surface area contributed by atoms with E-state index in [0.717, 1.165) is 12.8 Å². The van der Waals surface area contributed by atoms with Crippen LogP contribution in [0.1, 0.15) is 77.0 Å². The third kappa shape index (κ3) is 8.39. The summed E-state index contributed by atoms with van der Waals surface area (Å²) in [5.74, 6) is 1.06. The number of nitrogens with zero attached hydrogens (tertiary/aromatic N) is 1. The number of aromatic nitrogens is 1. The summed E-state index contributed by atoms with van der Waals surface area (Å²) in [6.45, 7) is 12.4. The first-order chi connectivity index (χ1) is 20.5. The summed E-state index contributed by atoms with van der Waals surface area (Å²) in [4.78, 5) is 24.8. The van der Waals surface area contributed by atoms with Crippen molar-refractivity contribution in [2.75, 3.05) is 0 Å². The van der Waals surface area contributed by atoms with Crippen LogP contribution in [0.25, 0.3) is 11.1 Å². The number of hydrazine groups is 1. The fourth-order valence-electron chi connectivity index (χ4n) is 5.26. The Labute approximate surface area is 258 Å². The van der Waals surface area contributed by atoms with Gasteiger partial charge in [0.2, 0.25) is 0 Å². The van der Waals surface area contributed by atoms with Crippen molar-refractivity contribution in [3.8, 4) is 28.4 Å². The lowest BCUT2D eigenvalue weighted by Crippen LogP contribution is -2.48. The van der Waals surface area contributed by atoms with E-state index in [4.69, 9.17) is 14.2 Å². The van der Waals surface area contributed by atoms with Gasteiger partial charge in [-0.25, -0.2) is 14.6 Å². The van der Waals surface area contributed by atoms with Crippen molar-refractivity contribution in [2.45, 2.75) is 97.5 Å². The van der Waals surface area contributed by atoms with E-state index >= 15 is 0 Å². The third-order valence-electron chi connectivity index (χ3n) is 7.55. The maximum Gasteiger partial charge on any atom is 0.422 e. The van der Waals surface area contributed by atoms with Gasteiger partial charge in [0, 0.05) is 36.5 Å². The van der Waals surface area contributed by atoms with E-state index < -0.39 is 17.3 Å². The van der Waals surface area contributed by atoms with E-state index in [0.29, 0.717) is 57.9 Å². The molecular formula is C34H44FN3O6. The number of halogens is 1. The molecule has 0 saturated heterocycles. The predicted molar refractivity (Wildman–Crippen MR) is 167 cm³/mol. The summed E-state index contributed by atoms with van der Waals surface area (Å²) in [5, 5.41) is 10.8. The van der Waals surface area contributed by atoms with Gasteiger partial charge in [-0.1, -0.05) is 6.07 Å². The van der Waals surface area contributed by atoms with Gasteiger partial charge in [-0.2, -0.15) is 0 Å². The van der Waals surface area contributed by atoms with Crippen LogP contribution in [0.2, 0.25) is 0 Å². The highest BCUT2D eigenvalue weighted by molar-refractivity contribution is 5.76. The lowest BCUT2D eigenvalue weighted by molar-refractivity contribution is 0.0473. The largest absolute Gasteiger partial charge is 0.490 e. The molecule has 4 rings (SSSR count). The lowest BCUT2D eigenvalue weighted by Gasteiger charge is -2.30.